The fraction of sp³-hybridized carbons (Fsp3) is 0.684. The number of nitrogens with zero attached hydrogens (tertiary/aromatic N) is 1. The molecule has 0 aromatic carbocycles. The van der Waals surface area contributed by atoms with Crippen molar-refractivity contribution in [3.8, 4) is 0 Å². The standard InChI is InChI=1S/C19H36N8O6S/c1-10(20)15(29)25-11(4-3-8-24-19(22)23)16(30)26-12(7-9-34-2)17(31)27-13(18(32)33)5-6-14(21)28/h10-13H,3-9,20H2,1-2H3,(H2,21,28)(H,25,29)(H,26,30)(H,27,31)(H,32,33)(H4,22,23,24). The molecule has 0 fully saturated rings. The van der Waals surface area contributed by atoms with Crippen LogP contribution in [0.2, 0.25) is 0 Å². The summed E-state index contributed by atoms with van der Waals surface area (Å²) in [7, 11) is 0. The highest BCUT2D eigenvalue weighted by atomic mass is 32.2. The number of nitrogens with one attached hydrogen (secondary N) is 3. The Morgan fingerprint density at radius 2 is 1.41 bits per heavy atom. The van der Waals surface area contributed by atoms with E-state index >= 15 is 0 Å². The van der Waals surface area contributed by atoms with Crippen LogP contribution in [0.15, 0.2) is 4.99 Å². The molecular weight excluding hydrogens is 468 g/mol. The molecule has 4 atom stereocenters. The molecular formula is C19H36N8O6S. The van der Waals surface area contributed by atoms with Crippen molar-refractivity contribution >= 4 is 47.3 Å². The van der Waals surface area contributed by atoms with Gasteiger partial charge in [-0.15, -0.1) is 0 Å². The smallest absolute Gasteiger partial charge is 0.326 e. The lowest BCUT2D eigenvalue weighted by Crippen LogP contribution is -2.57. The summed E-state index contributed by atoms with van der Waals surface area (Å²) in [5, 5.41) is 16.7. The van der Waals surface area contributed by atoms with Crippen LogP contribution in [0.5, 0.6) is 0 Å². The monoisotopic (exact) mass is 504 g/mol. The lowest BCUT2D eigenvalue weighted by atomic mass is 10.1. The van der Waals surface area contributed by atoms with Gasteiger partial charge in [-0.05, 0) is 44.6 Å². The molecule has 4 unspecified atom stereocenters. The number of nitrogens with two attached hydrogens (primary N) is 4. The van der Waals surface area contributed by atoms with Crippen LogP contribution in [0, 0.1) is 0 Å². The predicted octanol–water partition coefficient (Wildman–Crippen LogP) is -3.06. The Hall–Kier alpha value is -3.07. The highest BCUT2D eigenvalue weighted by Gasteiger charge is 2.29. The van der Waals surface area contributed by atoms with Crippen LogP contribution in [0.4, 0.5) is 0 Å². The molecule has 14 nitrogen and oxygen atoms in total. The molecule has 0 saturated carbocycles. The van der Waals surface area contributed by atoms with Crippen molar-refractivity contribution in [3.05, 3.63) is 0 Å². The maximum absolute atomic E-state index is 12.9. The average molecular weight is 505 g/mol. The molecule has 34 heavy (non-hydrogen) atoms. The normalized spacial score (nSPS) is 14.1. The van der Waals surface area contributed by atoms with Crippen molar-refractivity contribution in [1.82, 2.24) is 16.0 Å². The summed E-state index contributed by atoms with van der Waals surface area (Å²) >= 11 is 1.42. The molecule has 0 heterocycles. The molecule has 15 heteroatoms. The van der Waals surface area contributed by atoms with Crippen LogP contribution >= 0.6 is 11.8 Å². The van der Waals surface area contributed by atoms with Gasteiger partial charge in [-0.3, -0.25) is 24.2 Å². The molecule has 194 valence electrons. The van der Waals surface area contributed by atoms with Gasteiger partial charge >= 0.3 is 5.97 Å². The van der Waals surface area contributed by atoms with Gasteiger partial charge in [0, 0.05) is 13.0 Å². The minimum Gasteiger partial charge on any atom is -0.480 e. The number of carboxylic acid groups (broad SMARTS) is 1. The molecule has 0 aliphatic rings. The number of aliphatic imine (C=N–C) groups is 1. The highest BCUT2D eigenvalue weighted by Crippen LogP contribution is 2.06. The van der Waals surface area contributed by atoms with E-state index < -0.39 is 53.8 Å². The zero-order valence-electron chi connectivity index (χ0n) is 19.4. The second kappa shape index (κ2) is 16.5. The summed E-state index contributed by atoms with van der Waals surface area (Å²) in [5.74, 6) is -3.63. The first-order valence-electron chi connectivity index (χ1n) is 10.6. The number of carbonyl (C=O) groups is 5. The van der Waals surface area contributed by atoms with E-state index in [2.05, 4.69) is 20.9 Å². The molecule has 0 bridgehead atoms. The van der Waals surface area contributed by atoms with Gasteiger partial charge in [0.2, 0.25) is 23.6 Å². The molecule has 0 aromatic rings. The number of amides is 4. The summed E-state index contributed by atoms with van der Waals surface area (Å²) < 4.78 is 0. The number of carbonyl (C=O) groups excluding carboxylic acids is 4. The fourth-order valence-electron chi connectivity index (χ4n) is 2.67. The number of hydrogen-bond donors (Lipinski definition) is 8. The van der Waals surface area contributed by atoms with Crippen molar-refractivity contribution in [2.75, 3.05) is 18.6 Å². The molecule has 0 saturated heterocycles. The van der Waals surface area contributed by atoms with Crippen LogP contribution < -0.4 is 38.9 Å². The summed E-state index contributed by atoms with van der Waals surface area (Å²) in [4.78, 5) is 64.0. The molecule has 0 aliphatic heterocycles. The Balaban J connectivity index is 5.43. The number of hydrogen-bond acceptors (Lipinski definition) is 8. The van der Waals surface area contributed by atoms with Crippen LogP contribution in [0.1, 0.15) is 39.0 Å². The van der Waals surface area contributed by atoms with Crippen molar-refractivity contribution in [2.45, 2.75) is 63.2 Å². The van der Waals surface area contributed by atoms with E-state index in [1.54, 1.807) is 6.26 Å². The SMILES string of the molecule is CSCCC(NC(=O)C(CCCN=C(N)N)NC(=O)C(C)N)C(=O)NC(CCC(N)=O)C(=O)O. The Labute approximate surface area is 202 Å². The van der Waals surface area contributed by atoms with Gasteiger partial charge in [-0.1, -0.05) is 0 Å². The molecule has 0 spiro atoms. The molecule has 4 amide bonds. The second-order valence-electron chi connectivity index (χ2n) is 7.55. The van der Waals surface area contributed by atoms with Crippen molar-refractivity contribution in [3.63, 3.8) is 0 Å². The van der Waals surface area contributed by atoms with E-state index in [-0.39, 0.29) is 38.2 Å². The Morgan fingerprint density at radius 3 is 1.88 bits per heavy atom. The lowest BCUT2D eigenvalue weighted by molar-refractivity contribution is -0.142. The number of carboxylic acids is 1. The van der Waals surface area contributed by atoms with Crippen molar-refractivity contribution in [1.29, 1.82) is 0 Å². The van der Waals surface area contributed by atoms with Crippen LogP contribution in [0.3, 0.4) is 0 Å². The molecule has 12 N–H and O–H groups in total. The van der Waals surface area contributed by atoms with Gasteiger partial charge in [0.25, 0.3) is 0 Å². The van der Waals surface area contributed by atoms with Crippen LogP contribution in [0.25, 0.3) is 0 Å². The highest BCUT2D eigenvalue weighted by molar-refractivity contribution is 7.98. The third-order valence-electron chi connectivity index (χ3n) is 4.53. The number of rotatable bonds is 17. The average Bonchev–Trinajstić information content (AvgIpc) is 2.74. The molecule has 0 radical (unpaired) electrons. The Bertz CT molecular complexity index is 744. The lowest BCUT2D eigenvalue weighted by Gasteiger charge is -2.25. The van der Waals surface area contributed by atoms with Crippen molar-refractivity contribution < 1.29 is 29.1 Å². The van der Waals surface area contributed by atoms with E-state index in [0.717, 1.165) is 0 Å². The Kier molecular flexibility index (Phi) is 15.0. The number of aliphatic carboxylic acids is 1. The first-order valence-corrected chi connectivity index (χ1v) is 12.0. The van der Waals surface area contributed by atoms with E-state index in [1.807, 2.05) is 0 Å². The quantitative estimate of drug-likeness (QED) is 0.0563. The number of thioether (sulfide) groups is 1. The predicted molar refractivity (Wildman–Crippen MR) is 128 cm³/mol. The fourth-order valence-corrected chi connectivity index (χ4v) is 3.14. The van der Waals surface area contributed by atoms with Crippen LogP contribution in [-0.2, 0) is 24.0 Å². The van der Waals surface area contributed by atoms with E-state index in [1.165, 1.54) is 18.7 Å². The second-order valence-corrected chi connectivity index (χ2v) is 8.53. The Morgan fingerprint density at radius 1 is 0.882 bits per heavy atom. The number of guanidine groups is 1. The van der Waals surface area contributed by atoms with Crippen LogP contribution in [-0.4, -0.2) is 83.4 Å². The third kappa shape index (κ3) is 13.5. The maximum atomic E-state index is 12.9. The zero-order valence-corrected chi connectivity index (χ0v) is 20.2. The number of primary amides is 1. The van der Waals surface area contributed by atoms with Gasteiger partial charge < -0.3 is 44.0 Å². The summed E-state index contributed by atoms with van der Waals surface area (Å²) in [6.07, 6.45) is 2.08. The largest absolute Gasteiger partial charge is 0.480 e. The topological polar surface area (TPSA) is 258 Å². The zero-order chi connectivity index (χ0) is 26.3. The van der Waals surface area contributed by atoms with Gasteiger partial charge in [-0.25, -0.2) is 4.79 Å². The third-order valence-corrected chi connectivity index (χ3v) is 5.17. The molecule has 0 rings (SSSR count). The van der Waals surface area contributed by atoms with E-state index in [4.69, 9.17) is 22.9 Å². The maximum Gasteiger partial charge on any atom is 0.326 e. The first kappa shape index (κ1) is 30.9. The van der Waals surface area contributed by atoms with Gasteiger partial charge in [-0.2, -0.15) is 11.8 Å². The minimum atomic E-state index is -1.36. The van der Waals surface area contributed by atoms with Gasteiger partial charge in [0.15, 0.2) is 5.96 Å². The molecule has 0 aliphatic carbocycles. The summed E-state index contributed by atoms with van der Waals surface area (Å²) in [6, 6.07) is -4.34. The van der Waals surface area contributed by atoms with Gasteiger partial charge in [0.05, 0.1) is 6.04 Å². The van der Waals surface area contributed by atoms with Crippen molar-refractivity contribution in [2.24, 2.45) is 27.9 Å². The van der Waals surface area contributed by atoms with E-state index in [0.29, 0.717) is 12.2 Å². The summed E-state index contributed by atoms with van der Waals surface area (Å²) in [6.45, 7) is 1.67. The first-order chi connectivity index (χ1) is 15.9. The molecule has 0 aromatic heterocycles. The minimum absolute atomic E-state index is 0.112. The van der Waals surface area contributed by atoms with Gasteiger partial charge in [0.1, 0.15) is 18.1 Å². The summed E-state index contributed by atoms with van der Waals surface area (Å²) in [5.41, 5.74) is 21.2. The van der Waals surface area contributed by atoms with E-state index in [9.17, 15) is 29.1 Å².